The van der Waals surface area contributed by atoms with Gasteiger partial charge < -0.3 is 14.6 Å². The smallest absolute Gasteiger partial charge is 0.293 e. The normalized spacial score (nSPS) is 13.4. The van der Waals surface area contributed by atoms with Crippen molar-refractivity contribution in [2.75, 3.05) is 23.3 Å². The van der Waals surface area contributed by atoms with Crippen molar-refractivity contribution in [3.8, 4) is 11.5 Å². The molecule has 1 aliphatic heterocycles. The van der Waals surface area contributed by atoms with Gasteiger partial charge in [-0.1, -0.05) is 31.5 Å². The number of fused-ring (bicyclic) bond motifs is 1. The van der Waals surface area contributed by atoms with Crippen molar-refractivity contribution in [2.24, 2.45) is 0 Å². The Bertz CT molecular complexity index is 1610. The van der Waals surface area contributed by atoms with Crippen molar-refractivity contribution in [3.05, 3.63) is 80.9 Å². The largest absolute Gasteiger partial charge is 0.436 e. The van der Waals surface area contributed by atoms with Crippen LogP contribution >= 0.6 is 23.8 Å². The van der Waals surface area contributed by atoms with Crippen LogP contribution in [-0.4, -0.2) is 34.0 Å². The molecule has 0 saturated carbocycles. The number of nitrogens with one attached hydrogen (secondary N) is 2. The van der Waals surface area contributed by atoms with Gasteiger partial charge in [-0.05, 0) is 85.4 Å². The molecule has 0 spiro atoms. The van der Waals surface area contributed by atoms with Crippen LogP contribution in [0.2, 0.25) is 5.02 Å². The summed E-state index contributed by atoms with van der Waals surface area (Å²) in [7, 11) is 0. The molecule has 0 radical (unpaired) electrons. The lowest BCUT2D eigenvalue weighted by Gasteiger charge is -2.28. The zero-order valence-corrected chi connectivity index (χ0v) is 23.6. The molecule has 1 amide bonds. The Kier molecular flexibility index (Phi) is 7.99. The summed E-state index contributed by atoms with van der Waals surface area (Å²) in [6.45, 7) is 5.74. The van der Waals surface area contributed by atoms with Crippen LogP contribution in [0.1, 0.15) is 54.9 Å². The summed E-state index contributed by atoms with van der Waals surface area (Å²) in [4.78, 5) is 30.8. The summed E-state index contributed by atoms with van der Waals surface area (Å²) in [5.41, 5.74) is 4.22. The van der Waals surface area contributed by atoms with Gasteiger partial charge in [0, 0.05) is 30.4 Å². The van der Waals surface area contributed by atoms with Crippen LogP contribution in [0.25, 0.3) is 22.6 Å². The van der Waals surface area contributed by atoms with Crippen LogP contribution in [0.15, 0.2) is 59.0 Å². The maximum absolute atomic E-state index is 12.9. The number of nitro groups is 1. The molecule has 9 nitrogen and oxygen atoms in total. The lowest BCUT2D eigenvalue weighted by molar-refractivity contribution is -0.384. The van der Waals surface area contributed by atoms with Gasteiger partial charge in [0.25, 0.3) is 11.6 Å². The molecule has 0 aliphatic carbocycles. The first-order chi connectivity index (χ1) is 19.2. The zero-order valence-electron chi connectivity index (χ0n) is 22.1. The van der Waals surface area contributed by atoms with E-state index in [2.05, 4.69) is 29.5 Å². The number of rotatable bonds is 6. The molecular formula is C29H28ClN5O4S. The van der Waals surface area contributed by atoms with Crippen LogP contribution in [-0.2, 0) is 0 Å². The molecule has 1 aromatic heterocycles. The van der Waals surface area contributed by atoms with Crippen LogP contribution in [0.3, 0.4) is 0 Å². The Morgan fingerprint density at radius 1 is 1.10 bits per heavy atom. The van der Waals surface area contributed by atoms with E-state index in [0.717, 1.165) is 43.4 Å². The highest BCUT2D eigenvalue weighted by Crippen LogP contribution is 2.34. The van der Waals surface area contributed by atoms with Gasteiger partial charge in [-0.15, -0.1) is 0 Å². The van der Waals surface area contributed by atoms with E-state index < -0.39 is 10.8 Å². The number of anilines is 2. The average Bonchev–Trinajstić information content (AvgIpc) is 3.37. The van der Waals surface area contributed by atoms with Gasteiger partial charge in [0.1, 0.15) is 11.2 Å². The highest BCUT2D eigenvalue weighted by atomic mass is 35.5. The van der Waals surface area contributed by atoms with Gasteiger partial charge in [-0.25, -0.2) is 4.98 Å². The van der Waals surface area contributed by atoms with Crippen molar-refractivity contribution in [3.63, 3.8) is 0 Å². The Labute approximate surface area is 241 Å². The van der Waals surface area contributed by atoms with E-state index in [1.807, 2.05) is 23.1 Å². The fraction of sp³-hybridized carbons (Fsp3) is 0.276. The number of oxazole rings is 1. The first-order valence-electron chi connectivity index (χ1n) is 13.1. The Morgan fingerprint density at radius 2 is 1.88 bits per heavy atom. The molecule has 1 saturated heterocycles. The number of amides is 1. The third-order valence-electron chi connectivity index (χ3n) is 6.89. The number of thiocarbonyl (C=S) groups is 1. The highest BCUT2D eigenvalue weighted by molar-refractivity contribution is 7.80. The van der Waals surface area contributed by atoms with Crippen molar-refractivity contribution in [1.29, 1.82) is 0 Å². The second kappa shape index (κ2) is 11.6. The second-order valence-electron chi connectivity index (χ2n) is 10.0. The molecule has 0 bridgehead atoms. The predicted octanol–water partition coefficient (Wildman–Crippen LogP) is 7.30. The summed E-state index contributed by atoms with van der Waals surface area (Å²) >= 11 is 11.8. The molecular weight excluding hydrogens is 550 g/mol. The summed E-state index contributed by atoms with van der Waals surface area (Å²) in [6.07, 6.45) is 3.08. The molecule has 1 aliphatic rings. The molecule has 2 heterocycles. The molecule has 1 fully saturated rings. The van der Waals surface area contributed by atoms with Gasteiger partial charge in [-0.3, -0.25) is 20.2 Å². The highest BCUT2D eigenvalue weighted by Gasteiger charge is 2.23. The van der Waals surface area contributed by atoms with E-state index in [4.69, 9.17) is 28.2 Å². The summed E-state index contributed by atoms with van der Waals surface area (Å²) in [5.74, 6) is 0.163. The Morgan fingerprint density at radius 3 is 2.60 bits per heavy atom. The minimum absolute atomic E-state index is 0.0279. The maximum atomic E-state index is 12.9. The number of carbonyl (C=O) groups excluding carboxylic acids is 1. The van der Waals surface area contributed by atoms with E-state index in [9.17, 15) is 14.9 Å². The third-order valence-corrected chi connectivity index (χ3v) is 7.42. The molecule has 4 aromatic rings. The number of hydrogen-bond donors (Lipinski definition) is 2. The van der Waals surface area contributed by atoms with Crippen molar-refractivity contribution < 1.29 is 14.1 Å². The lowest BCUT2D eigenvalue weighted by atomic mass is 10.0. The van der Waals surface area contributed by atoms with Gasteiger partial charge >= 0.3 is 0 Å². The monoisotopic (exact) mass is 577 g/mol. The van der Waals surface area contributed by atoms with Crippen LogP contribution in [0, 0.1) is 10.1 Å². The Balaban J connectivity index is 1.31. The van der Waals surface area contributed by atoms with Gasteiger partial charge in [0.2, 0.25) is 5.89 Å². The molecule has 0 atom stereocenters. The molecule has 0 unspecified atom stereocenters. The van der Waals surface area contributed by atoms with Crippen LogP contribution in [0.5, 0.6) is 0 Å². The number of nitrogens with zero attached hydrogens (tertiary/aromatic N) is 3. The molecule has 5 rings (SSSR count). The summed E-state index contributed by atoms with van der Waals surface area (Å²) in [6, 6.07) is 15.5. The number of hydrogen-bond acceptors (Lipinski definition) is 7. The summed E-state index contributed by atoms with van der Waals surface area (Å²) < 4.78 is 5.95. The van der Waals surface area contributed by atoms with Crippen molar-refractivity contribution in [2.45, 2.75) is 39.0 Å². The van der Waals surface area contributed by atoms with E-state index >= 15 is 0 Å². The number of carbonyl (C=O) groups is 1. The number of aromatic nitrogens is 1. The number of nitro benzene ring substituents is 1. The van der Waals surface area contributed by atoms with Gasteiger partial charge in [0.05, 0.1) is 15.5 Å². The molecule has 40 heavy (non-hydrogen) atoms. The minimum Gasteiger partial charge on any atom is -0.436 e. The van der Waals surface area contributed by atoms with Crippen LogP contribution < -0.4 is 15.5 Å². The fourth-order valence-corrected chi connectivity index (χ4v) is 5.15. The van der Waals surface area contributed by atoms with Crippen molar-refractivity contribution >= 4 is 63.0 Å². The minimum atomic E-state index is -0.556. The standard InChI is InChI=1S/C29H28ClN5O4S/c1-17(2)18-7-11-26-23(14-18)32-28(39-26)21-16-20(8-9-22(21)30)31-29(40)33-27(36)19-6-10-24(25(15-19)35(37)38)34-12-4-3-5-13-34/h6-11,14-17H,3-5,12-13H2,1-2H3,(H2,31,33,36,40). The van der Waals surface area contributed by atoms with Crippen molar-refractivity contribution in [1.82, 2.24) is 10.3 Å². The fourth-order valence-electron chi connectivity index (χ4n) is 4.74. The second-order valence-corrected chi connectivity index (χ2v) is 10.8. The lowest BCUT2D eigenvalue weighted by Crippen LogP contribution is -2.34. The summed E-state index contributed by atoms with van der Waals surface area (Å²) in [5, 5.41) is 17.8. The van der Waals surface area contributed by atoms with E-state index in [1.165, 1.54) is 6.07 Å². The maximum Gasteiger partial charge on any atom is 0.293 e. The first-order valence-corrected chi connectivity index (χ1v) is 13.8. The Hall–Kier alpha value is -4.02. The molecule has 2 N–H and O–H groups in total. The van der Waals surface area contributed by atoms with E-state index in [-0.39, 0.29) is 16.4 Å². The van der Waals surface area contributed by atoms with E-state index in [1.54, 1.807) is 30.3 Å². The predicted molar refractivity (Wildman–Crippen MR) is 161 cm³/mol. The van der Waals surface area contributed by atoms with Gasteiger partial charge in [0.15, 0.2) is 10.7 Å². The SMILES string of the molecule is CC(C)c1ccc2oc(-c3cc(NC(=S)NC(=O)c4ccc(N5CCCCC5)c([N+](=O)[O-])c4)ccc3Cl)nc2c1. The zero-order chi connectivity index (χ0) is 28.4. The molecule has 206 valence electrons. The van der Waals surface area contributed by atoms with Crippen LogP contribution in [0.4, 0.5) is 17.1 Å². The first kappa shape index (κ1) is 27.5. The third kappa shape index (κ3) is 5.93. The van der Waals surface area contributed by atoms with Gasteiger partial charge in [-0.2, -0.15) is 0 Å². The average molecular weight is 578 g/mol. The number of benzene rings is 3. The molecule has 3 aromatic carbocycles. The number of halogens is 1. The van der Waals surface area contributed by atoms with E-state index in [0.29, 0.717) is 39.4 Å². The number of piperidine rings is 1. The topological polar surface area (TPSA) is 114 Å². The quantitative estimate of drug-likeness (QED) is 0.139. The molecule has 11 heteroatoms.